The van der Waals surface area contributed by atoms with E-state index >= 15 is 0 Å². The molecule has 13 heteroatoms. The first-order valence-corrected chi connectivity index (χ1v) is 13.7. The minimum Gasteiger partial charge on any atom is -0.510 e. The van der Waals surface area contributed by atoms with Gasteiger partial charge in [0.1, 0.15) is 22.8 Å². The topological polar surface area (TPSA) is 203 Å². The van der Waals surface area contributed by atoms with E-state index in [0.717, 1.165) is 0 Å². The van der Waals surface area contributed by atoms with Gasteiger partial charge in [0.25, 0.3) is 5.91 Å². The Morgan fingerprint density at radius 2 is 1.83 bits per heavy atom. The zero-order chi connectivity index (χ0) is 31.3. The van der Waals surface area contributed by atoms with Crippen LogP contribution >= 0.6 is 0 Å². The smallest absolute Gasteiger partial charge is 0.305 e. The number of allylic oxidation sites excluding steroid dienone is 1. The lowest BCUT2D eigenvalue weighted by Gasteiger charge is -2.50. The Balaban J connectivity index is 1.80. The number of nitrogens with two attached hydrogens (primary N) is 1. The van der Waals surface area contributed by atoms with E-state index in [0.29, 0.717) is 29.8 Å². The Morgan fingerprint density at radius 1 is 1.17 bits per heavy atom. The summed E-state index contributed by atoms with van der Waals surface area (Å²) in [4.78, 5) is 54.4. The molecule has 4 rings (SSSR count). The fourth-order valence-electron chi connectivity index (χ4n) is 6.57. The van der Waals surface area contributed by atoms with Gasteiger partial charge in [-0.2, -0.15) is 0 Å². The number of esters is 1. The standard InChI is InChI=1S/C29H38N4O9/c1-32(2)17-11-14(12-31-8-6-7-18(34)42-5)23(35)20-15(17)9-13-10-16-22(33(3)4)25(37)21(28(30)40)27(39)29(16,41)26(38)19(13)24(20)36/h11,13,16,22,31,35,37-38,41H,6-10,12H2,1-5H3,(H2,30,40)/t13-,16-,22-,29?/m0/s1. The molecule has 1 amide bonds. The average Bonchev–Trinajstić information content (AvgIpc) is 2.90. The lowest BCUT2D eigenvalue weighted by Crippen LogP contribution is -2.63. The molecule has 0 aromatic heterocycles. The first kappa shape index (κ1) is 31.0. The number of hydrogen-bond donors (Lipinski definition) is 6. The molecule has 0 saturated carbocycles. The number of phenolic OH excluding ortho intramolecular Hbond substituents is 1. The van der Waals surface area contributed by atoms with Crippen LogP contribution < -0.4 is 16.0 Å². The van der Waals surface area contributed by atoms with Gasteiger partial charge in [-0.15, -0.1) is 0 Å². The van der Waals surface area contributed by atoms with Gasteiger partial charge in [0.2, 0.25) is 5.78 Å². The van der Waals surface area contributed by atoms with Gasteiger partial charge in [-0.25, -0.2) is 0 Å². The molecule has 1 aromatic carbocycles. The second-order valence-electron chi connectivity index (χ2n) is 11.5. The van der Waals surface area contributed by atoms with Crippen molar-refractivity contribution in [1.29, 1.82) is 0 Å². The highest BCUT2D eigenvalue weighted by molar-refractivity contribution is 6.25. The number of benzene rings is 1. The number of methoxy groups -OCH3 is 1. The summed E-state index contributed by atoms with van der Waals surface area (Å²) in [6.07, 6.45) is 0.933. The maximum absolute atomic E-state index is 14.1. The van der Waals surface area contributed by atoms with Crippen LogP contribution in [0.2, 0.25) is 0 Å². The predicted octanol–water partition coefficient (Wildman–Crippen LogP) is 0.229. The zero-order valence-electron chi connectivity index (χ0n) is 24.4. The maximum atomic E-state index is 14.1. The Labute approximate surface area is 243 Å². The van der Waals surface area contributed by atoms with Crippen molar-refractivity contribution in [1.82, 2.24) is 10.2 Å². The van der Waals surface area contributed by atoms with Crippen molar-refractivity contribution in [2.24, 2.45) is 17.6 Å². The number of anilines is 1. The molecule has 1 aromatic rings. The second kappa shape index (κ2) is 11.4. The summed E-state index contributed by atoms with van der Waals surface area (Å²) in [6.45, 7) is 0.612. The van der Waals surface area contributed by atoms with Crippen molar-refractivity contribution in [3.8, 4) is 5.75 Å². The summed E-state index contributed by atoms with van der Waals surface area (Å²) >= 11 is 0. The minimum absolute atomic E-state index is 0.0168. The van der Waals surface area contributed by atoms with Crippen molar-refractivity contribution >= 4 is 29.1 Å². The second-order valence-corrected chi connectivity index (χ2v) is 11.5. The van der Waals surface area contributed by atoms with Gasteiger partial charge in [-0.05, 0) is 57.5 Å². The number of rotatable bonds is 9. The quantitative estimate of drug-likeness (QED) is 0.131. The highest BCUT2D eigenvalue weighted by atomic mass is 16.5. The number of phenols is 1. The summed E-state index contributed by atoms with van der Waals surface area (Å²) in [6, 6.07) is 0.716. The lowest BCUT2D eigenvalue weighted by molar-refractivity contribution is -0.148. The van der Waals surface area contributed by atoms with Gasteiger partial charge in [0.05, 0.1) is 18.7 Å². The van der Waals surface area contributed by atoms with Gasteiger partial charge in [0, 0.05) is 49.8 Å². The molecular weight excluding hydrogens is 548 g/mol. The normalized spacial score (nSPS) is 25.3. The number of nitrogens with one attached hydrogen (secondary N) is 1. The number of amides is 1. The molecule has 0 saturated heterocycles. The van der Waals surface area contributed by atoms with Gasteiger partial charge in [-0.1, -0.05) is 0 Å². The third kappa shape index (κ3) is 4.80. The van der Waals surface area contributed by atoms with Crippen LogP contribution in [0.4, 0.5) is 5.69 Å². The number of aliphatic hydroxyl groups excluding tert-OH is 2. The first-order valence-electron chi connectivity index (χ1n) is 13.7. The first-order chi connectivity index (χ1) is 19.7. The molecule has 0 spiro atoms. The molecule has 4 atom stereocenters. The van der Waals surface area contributed by atoms with Crippen molar-refractivity contribution in [2.45, 2.75) is 43.9 Å². The fraction of sp³-hybridized carbons (Fsp3) is 0.517. The van der Waals surface area contributed by atoms with E-state index in [1.165, 1.54) is 12.0 Å². The van der Waals surface area contributed by atoms with Crippen LogP contribution in [0.3, 0.4) is 0 Å². The Bertz CT molecular complexity index is 1410. The van der Waals surface area contributed by atoms with Crippen LogP contribution in [-0.4, -0.2) is 102 Å². The molecule has 228 valence electrons. The van der Waals surface area contributed by atoms with E-state index in [-0.39, 0.29) is 48.7 Å². The SMILES string of the molecule is COC(=O)CCCNCc1cc(N(C)C)c2c(c1O)C(=O)C1=C(O)C3(O)C(=O)C(C(N)=O)=C(O)[C@@H](N(C)C)[C@@H]3C[C@@H]1C2. The maximum Gasteiger partial charge on any atom is 0.305 e. The van der Waals surface area contributed by atoms with Crippen molar-refractivity contribution in [3.05, 3.63) is 45.4 Å². The number of nitrogens with zero attached hydrogens (tertiary/aromatic N) is 2. The minimum atomic E-state index is -2.69. The third-order valence-electron chi connectivity index (χ3n) is 8.54. The third-order valence-corrected chi connectivity index (χ3v) is 8.54. The van der Waals surface area contributed by atoms with Crippen LogP contribution in [0.25, 0.3) is 0 Å². The van der Waals surface area contributed by atoms with Crippen LogP contribution in [0.15, 0.2) is 28.7 Å². The van der Waals surface area contributed by atoms with Crippen LogP contribution in [0.5, 0.6) is 5.75 Å². The van der Waals surface area contributed by atoms with Crippen LogP contribution in [0, 0.1) is 11.8 Å². The Kier molecular flexibility index (Phi) is 8.40. The van der Waals surface area contributed by atoms with E-state index in [2.05, 4.69) is 10.1 Å². The molecule has 7 N–H and O–H groups in total. The molecule has 1 unspecified atom stereocenters. The van der Waals surface area contributed by atoms with Crippen LogP contribution in [0.1, 0.15) is 40.7 Å². The highest BCUT2D eigenvalue weighted by Gasteiger charge is 2.63. The van der Waals surface area contributed by atoms with Gasteiger partial charge in [0.15, 0.2) is 11.4 Å². The molecule has 0 heterocycles. The number of hydrogen-bond acceptors (Lipinski definition) is 12. The van der Waals surface area contributed by atoms with Crippen molar-refractivity contribution < 1.29 is 44.3 Å². The summed E-state index contributed by atoms with van der Waals surface area (Å²) < 4.78 is 4.64. The van der Waals surface area contributed by atoms with E-state index < -0.39 is 58.0 Å². The molecule has 3 aliphatic rings. The van der Waals surface area contributed by atoms with E-state index in [1.54, 1.807) is 39.2 Å². The number of fused-ring (bicyclic) bond motifs is 3. The molecule has 0 bridgehead atoms. The number of primary amides is 1. The summed E-state index contributed by atoms with van der Waals surface area (Å²) in [5.41, 5.74) is 3.21. The number of carbonyl (C=O) groups is 4. The molecule has 42 heavy (non-hydrogen) atoms. The summed E-state index contributed by atoms with van der Waals surface area (Å²) in [7, 11) is 8.07. The number of aliphatic hydroxyl groups is 3. The zero-order valence-corrected chi connectivity index (χ0v) is 24.4. The van der Waals surface area contributed by atoms with Gasteiger partial charge in [-0.3, -0.25) is 24.1 Å². The molecule has 0 aliphatic heterocycles. The Hall–Kier alpha value is -3.94. The van der Waals surface area contributed by atoms with E-state index in [1.807, 2.05) is 0 Å². The van der Waals surface area contributed by atoms with Crippen molar-refractivity contribution in [3.63, 3.8) is 0 Å². The molecule has 13 nitrogen and oxygen atoms in total. The summed E-state index contributed by atoms with van der Waals surface area (Å²) in [5, 5.41) is 48.6. The van der Waals surface area contributed by atoms with Crippen LogP contribution in [-0.2, 0) is 32.1 Å². The lowest BCUT2D eigenvalue weighted by atomic mass is 9.58. The molecule has 0 fully saturated rings. The highest BCUT2D eigenvalue weighted by Crippen LogP contribution is 2.53. The van der Waals surface area contributed by atoms with E-state index in [4.69, 9.17) is 5.73 Å². The number of carbonyl (C=O) groups excluding carboxylic acids is 4. The number of ketones is 2. The number of likely N-dealkylation sites (N-methyl/N-ethyl adjacent to an activating group) is 1. The number of Topliss-reactive ketones (excluding diaryl/α,β-unsaturated/α-hetero) is 2. The van der Waals surface area contributed by atoms with Gasteiger partial charge >= 0.3 is 5.97 Å². The fourth-order valence-corrected chi connectivity index (χ4v) is 6.57. The largest absolute Gasteiger partial charge is 0.510 e. The predicted molar refractivity (Wildman–Crippen MR) is 151 cm³/mol. The number of aromatic hydroxyl groups is 1. The average molecular weight is 587 g/mol. The van der Waals surface area contributed by atoms with Gasteiger partial charge < -0.3 is 41.1 Å². The molecular formula is C29H38N4O9. The molecule has 3 aliphatic carbocycles. The molecule has 0 radical (unpaired) electrons. The van der Waals surface area contributed by atoms with E-state index in [9.17, 15) is 39.6 Å². The van der Waals surface area contributed by atoms with Crippen molar-refractivity contribution in [2.75, 3.05) is 46.7 Å². The monoisotopic (exact) mass is 586 g/mol. The number of ether oxygens (including phenoxy) is 1. The summed E-state index contributed by atoms with van der Waals surface area (Å²) in [5.74, 6) is -7.19. The Morgan fingerprint density at radius 3 is 2.40 bits per heavy atom.